The van der Waals surface area contributed by atoms with E-state index in [-0.39, 0.29) is 6.42 Å². The number of rotatable bonds is 7. The molecule has 0 aliphatic rings. The topological polar surface area (TPSA) is 94.0 Å². The van der Waals surface area contributed by atoms with Crippen molar-refractivity contribution in [1.82, 2.24) is 4.57 Å². The van der Waals surface area contributed by atoms with E-state index in [0.717, 1.165) is 11.4 Å². The van der Waals surface area contributed by atoms with Gasteiger partial charge in [0.1, 0.15) is 5.69 Å². The largest absolute Gasteiger partial charge is 0.748 e. The molecule has 130 valence electrons. The summed E-state index contributed by atoms with van der Waals surface area (Å²) in [5, 5.41) is 8.45. The fourth-order valence-corrected chi connectivity index (χ4v) is 2.63. The van der Waals surface area contributed by atoms with E-state index in [1.165, 1.54) is 0 Å². The van der Waals surface area contributed by atoms with Gasteiger partial charge >= 0.3 is 5.95 Å². The van der Waals surface area contributed by atoms with Crippen molar-refractivity contribution in [2.24, 2.45) is 17.3 Å². The van der Waals surface area contributed by atoms with Gasteiger partial charge in [0.25, 0.3) is 0 Å². The van der Waals surface area contributed by atoms with E-state index in [4.69, 9.17) is 0 Å². The minimum Gasteiger partial charge on any atom is -0.748 e. The van der Waals surface area contributed by atoms with E-state index >= 15 is 0 Å². The van der Waals surface area contributed by atoms with Crippen LogP contribution in [-0.2, 0) is 23.7 Å². The van der Waals surface area contributed by atoms with Crippen LogP contribution in [0, 0.1) is 0 Å². The Kier molecular flexibility index (Phi) is 5.68. The molecule has 0 unspecified atom stereocenters. The molecule has 1 heterocycles. The van der Waals surface area contributed by atoms with Crippen LogP contribution >= 0.6 is 0 Å². The standard InChI is InChI=1S/C15H21N5O3S/c1-18(2)14-7-5-13(6-8-14)16-17-15-19(3)10-11-20(15)9-4-12-24(21,22)23/h5-8,10-11H,4,9,12H2,1-3H3. The first-order valence-electron chi connectivity index (χ1n) is 7.44. The van der Waals surface area contributed by atoms with E-state index in [9.17, 15) is 13.0 Å². The third-order valence-electron chi connectivity index (χ3n) is 3.46. The van der Waals surface area contributed by atoms with E-state index < -0.39 is 15.9 Å². The summed E-state index contributed by atoms with van der Waals surface area (Å²) in [5.41, 5.74) is 1.79. The van der Waals surface area contributed by atoms with Gasteiger partial charge in [-0.2, -0.15) is 0 Å². The third-order valence-corrected chi connectivity index (χ3v) is 4.25. The quantitative estimate of drug-likeness (QED) is 0.431. The molecule has 0 radical (unpaired) electrons. The fourth-order valence-electron chi connectivity index (χ4n) is 2.15. The van der Waals surface area contributed by atoms with Gasteiger partial charge in [-0.3, -0.25) is 0 Å². The van der Waals surface area contributed by atoms with E-state index in [2.05, 4.69) is 10.2 Å². The first-order valence-corrected chi connectivity index (χ1v) is 9.01. The molecule has 0 saturated carbocycles. The summed E-state index contributed by atoms with van der Waals surface area (Å²) in [6.07, 6.45) is 3.82. The van der Waals surface area contributed by atoms with E-state index in [1.54, 1.807) is 21.5 Å². The molecular weight excluding hydrogens is 330 g/mol. The van der Waals surface area contributed by atoms with Crippen LogP contribution in [0.5, 0.6) is 0 Å². The summed E-state index contributed by atoms with van der Waals surface area (Å²) in [4.78, 5) is 2.00. The third kappa shape index (κ3) is 5.14. The van der Waals surface area contributed by atoms with Crippen molar-refractivity contribution >= 4 is 27.4 Å². The molecule has 0 atom stereocenters. The Morgan fingerprint density at radius 3 is 2.46 bits per heavy atom. The van der Waals surface area contributed by atoms with Crippen molar-refractivity contribution in [3.8, 4) is 0 Å². The van der Waals surface area contributed by atoms with Crippen molar-refractivity contribution in [3.05, 3.63) is 36.7 Å². The lowest BCUT2D eigenvalue weighted by Gasteiger charge is -2.11. The van der Waals surface area contributed by atoms with Crippen molar-refractivity contribution < 1.29 is 17.5 Å². The summed E-state index contributed by atoms with van der Waals surface area (Å²) in [5.74, 6) is 0.187. The Balaban J connectivity index is 2.10. The Morgan fingerprint density at radius 1 is 1.21 bits per heavy atom. The average Bonchev–Trinajstić information content (AvgIpc) is 2.85. The van der Waals surface area contributed by atoms with Gasteiger partial charge in [-0.1, -0.05) is 5.11 Å². The number of nitrogens with zero attached hydrogens (tertiary/aromatic N) is 5. The summed E-state index contributed by atoms with van der Waals surface area (Å²) in [6, 6.07) is 7.64. The smallest absolute Gasteiger partial charge is 0.421 e. The van der Waals surface area contributed by atoms with Crippen LogP contribution in [0.1, 0.15) is 6.42 Å². The zero-order chi connectivity index (χ0) is 17.7. The van der Waals surface area contributed by atoms with Gasteiger partial charge < -0.3 is 9.45 Å². The lowest BCUT2D eigenvalue weighted by molar-refractivity contribution is -0.657. The van der Waals surface area contributed by atoms with Crippen molar-refractivity contribution in [2.45, 2.75) is 13.0 Å². The highest BCUT2D eigenvalue weighted by molar-refractivity contribution is 7.85. The van der Waals surface area contributed by atoms with Gasteiger partial charge in [0, 0.05) is 30.6 Å². The van der Waals surface area contributed by atoms with Crippen LogP contribution < -0.4 is 9.47 Å². The van der Waals surface area contributed by atoms with Gasteiger partial charge in [0.2, 0.25) is 0 Å². The molecule has 8 nitrogen and oxygen atoms in total. The summed E-state index contributed by atoms with van der Waals surface area (Å²) in [7, 11) is 1.56. The van der Waals surface area contributed by atoms with Crippen molar-refractivity contribution in [3.63, 3.8) is 0 Å². The fraction of sp³-hybridized carbons (Fsp3) is 0.400. The molecule has 0 spiro atoms. The summed E-state index contributed by atoms with van der Waals surface area (Å²) >= 11 is 0. The number of anilines is 1. The maximum atomic E-state index is 10.7. The SMILES string of the molecule is CN(C)c1ccc(N=Nc2n(CCCS(=O)(=O)[O-])cc[n+]2C)cc1. The number of benzene rings is 1. The van der Waals surface area contributed by atoms with Crippen molar-refractivity contribution in [2.75, 3.05) is 24.7 Å². The van der Waals surface area contributed by atoms with Crippen LogP contribution in [0.4, 0.5) is 17.3 Å². The highest BCUT2D eigenvalue weighted by Crippen LogP contribution is 2.20. The molecule has 1 aromatic heterocycles. The molecule has 0 N–H and O–H groups in total. The maximum Gasteiger partial charge on any atom is 0.421 e. The Bertz CT molecular complexity index is 810. The predicted molar refractivity (Wildman–Crippen MR) is 89.7 cm³/mol. The summed E-state index contributed by atoms with van der Waals surface area (Å²) < 4.78 is 35.6. The number of aromatic nitrogens is 2. The monoisotopic (exact) mass is 351 g/mol. The minimum atomic E-state index is -4.19. The van der Waals surface area contributed by atoms with Gasteiger partial charge in [-0.25, -0.2) is 17.6 Å². The van der Waals surface area contributed by atoms with Gasteiger partial charge in [0.05, 0.1) is 36.1 Å². The van der Waals surface area contributed by atoms with E-state index in [0.29, 0.717) is 12.5 Å². The zero-order valence-corrected chi connectivity index (χ0v) is 14.8. The second-order valence-corrected chi connectivity index (χ2v) is 7.15. The Hall–Kier alpha value is -2.26. The molecule has 0 bridgehead atoms. The first kappa shape index (κ1) is 18.1. The molecular formula is C15H21N5O3S. The molecule has 2 aromatic rings. The van der Waals surface area contributed by atoms with Crippen LogP contribution in [0.15, 0.2) is 46.9 Å². The normalized spacial score (nSPS) is 12.0. The molecule has 0 saturated heterocycles. The van der Waals surface area contributed by atoms with Crippen molar-refractivity contribution in [1.29, 1.82) is 0 Å². The molecule has 24 heavy (non-hydrogen) atoms. The van der Waals surface area contributed by atoms with E-state index in [1.807, 2.05) is 50.3 Å². The highest BCUT2D eigenvalue weighted by atomic mass is 32.2. The van der Waals surface area contributed by atoms with Gasteiger partial charge in [-0.05, 0) is 30.7 Å². The van der Waals surface area contributed by atoms with Crippen LogP contribution in [-0.4, -0.2) is 37.4 Å². The van der Waals surface area contributed by atoms with Gasteiger partial charge in [-0.15, -0.1) is 0 Å². The number of aryl methyl sites for hydroxylation is 2. The second-order valence-electron chi connectivity index (χ2n) is 5.63. The molecule has 0 aliphatic carbocycles. The minimum absolute atomic E-state index is 0.237. The number of azo groups is 1. The highest BCUT2D eigenvalue weighted by Gasteiger charge is 2.14. The zero-order valence-electron chi connectivity index (χ0n) is 14.0. The number of hydrogen-bond donors (Lipinski definition) is 0. The molecule has 1 aromatic carbocycles. The lowest BCUT2D eigenvalue weighted by Crippen LogP contribution is -2.25. The summed E-state index contributed by atoms with van der Waals surface area (Å²) in [6.45, 7) is 0.385. The predicted octanol–water partition coefficient (Wildman–Crippen LogP) is 1.73. The van der Waals surface area contributed by atoms with Crippen LogP contribution in [0.2, 0.25) is 0 Å². The van der Waals surface area contributed by atoms with Crippen LogP contribution in [0.25, 0.3) is 0 Å². The lowest BCUT2D eigenvalue weighted by atomic mass is 10.3. The number of imidazole rings is 1. The molecule has 0 aliphatic heterocycles. The molecule has 2 rings (SSSR count). The Morgan fingerprint density at radius 2 is 1.88 bits per heavy atom. The first-order chi connectivity index (χ1) is 11.3. The van der Waals surface area contributed by atoms with Gasteiger partial charge in [0.15, 0.2) is 0 Å². The Labute approximate surface area is 141 Å². The van der Waals surface area contributed by atoms with Crippen LogP contribution in [0.3, 0.4) is 0 Å². The molecule has 0 fully saturated rings. The average molecular weight is 351 g/mol. The molecule has 9 heteroatoms. The second kappa shape index (κ2) is 7.54. The number of hydrogen-bond acceptors (Lipinski definition) is 6. The maximum absolute atomic E-state index is 10.7. The molecule has 0 amide bonds.